The number of rotatable bonds is 5. The maximum Gasteiger partial charge on any atom is 0.448 e. The Morgan fingerprint density at radius 3 is 2.45 bits per heavy atom. The second-order valence-electron chi connectivity index (χ2n) is 5.13. The summed E-state index contributed by atoms with van der Waals surface area (Å²) in [6.07, 6.45) is 6.70. The number of benzene rings is 1. The van der Waals surface area contributed by atoms with Crippen molar-refractivity contribution in [2.24, 2.45) is 10.7 Å². The summed E-state index contributed by atoms with van der Waals surface area (Å²) in [7, 11) is -4.52. The zero-order valence-electron chi connectivity index (χ0n) is 11.8. The maximum absolute atomic E-state index is 11.0. The standard InChI is InChI=1S/C15H18NO5P/c17-13-7-4-11(5-8-13)2-1-3-12-6-9-14(18)10-15(12)16-22(19,20)21/h4-10,12,17-18H,1-3H2,(H2,19,20,21). The van der Waals surface area contributed by atoms with Crippen LogP contribution in [0.4, 0.5) is 0 Å². The third kappa shape index (κ3) is 5.15. The molecule has 1 aromatic carbocycles. The number of phenols is 1. The summed E-state index contributed by atoms with van der Waals surface area (Å²) in [5, 5.41) is 18.7. The Labute approximate surface area is 128 Å². The first-order valence-corrected chi connectivity index (χ1v) is 8.42. The number of aliphatic hydroxyl groups excluding tert-OH is 1. The van der Waals surface area contributed by atoms with Gasteiger partial charge in [-0.25, -0.2) is 4.57 Å². The van der Waals surface area contributed by atoms with Crippen LogP contribution in [0.5, 0.6) is 5.75 Å². The molecular weight excluding hydrogens is 305 g/mol. The van der Waals surface area contributed by atoms with Gasteiger partial charge in [-0.3, -0.25) is 0 Å². The Hall–Kier alpha value is -1.88. The minimum absolute atomic E-state index is 0.0676. The van der Waals surface area contributed by atoms with Crippen molar-refractivity contribution in [2.45, 2.75) is 19.3 Å². The van der Waals surface area contributed by atoms with Gasteiger partial charge < -0.3 is 20.0 Å². The molecule has 0 saturated heterocycles. The summed E-state index contributed by atoms with van der Waals surface area (Å²) >= 11 is 0. The van der Waals surface area contributed by atoms with Gasteiger partial charge in [-0.2, -0.15) is 4.76 Å². The number of nitrogens with zero attached hydrogens (tertiary/aromatic N) is 1. The van der Waals surface area contributed by atoms with Crippen LogP contribution in [0.3, 0.4) is 0 Å². The zero-order valence-corrected chi connectivity index (χ0v) is 12.7. The number of hydrogen-bond acceptors (Lipinski definition) is 3. The molecule has 1 aromatic rings. The fourth-order valence-electron chi connectivity index (χ4n) is 2.31. The highest BCUT2D eigenvalue weighted by atomic mass is 31.2. The van der Waals surface area contributed by atoms with Gasteiger partial charge in [-0.15, -0.1) is 0 Å². The lowest BCUT2D eigenvalue weighted by Gasteiger charge is -2.17. The van der Waals surface area contributed by atoms with E-state index in [1.54, 1.807) is 18.2 Å². The molecule has 0 fully saturated rings. The summed E-state index contributed by atoms with van der Waals surface area (Å²) in [6.45, 7) is 0. The van der Waals surface area contributed by atoms with Gasteiger partial charge in [0, 0.05) is 12.0 Å². The third-order valence-electron chi connectivity index (χ3n) is 3.34. The van der Waals surface area contributed by atoms with Crippen LogP contribution in [0.1, 0.15) is 18.4 Å². The molecule has 1 unspecified atom stereocenters. The second-order valence-corrected chi connectivity index (χ2v) is 6.36. The van der Waals surface area contributed by atoms with Gasteiger partial charge in [0.15, 0.2) is 0 Å². The molecule has 1 aliphatic carbocycles. The van der Waals surface area contributed by atoms with E-state index in [9.17, 15) is 14.8 Å². The Balaban J connectivity index is 1.98. The van der Waals surface area contributed by atoms with E-state index in [-0.39, 0.29) is 23.1 Å². The molecule has 0 spiro atoms. The lowest BCUT2D eigenvalue weighted by atomic mass is 9.91. The highest BCUT2D eigenvalue weighted by Gasteiger charge is 2.20. The lowest BCUT2D eigenvalue weighted by molar-refractivity contribution is 0.375. The molecule has 0 bridgehead atoms. The number of aromatic hydroxyl groups is 1. The van der Waals surface area contributed by atoms with E-state index < -0.39 is 7.75 Å². The average molecular weight is 323 g/mol. The molecule has 0 heterocycles. The van der Waals surface area contributed by atoms with Gasteiger partial charge >= 0.3 is 7.75 Å². The number of hydrogen-bond donors (Lipinski definition) is 4. The Morgan fingerprint density at radius 1 is 1.14 bits per heavy atom. The van der Waals surface area contributed by atoms with Crippen LogP contribution < -0.4 is 0 Å². The smallest absolute Gasteiger partial charge is 0.448 e. The van der Waals surface area contributed by atoms with Crippen molar-refractivity contribution >= 4 is 13.5 Å². The van der Waals surface area contributed by atoms with E-state index in [1.165, 1.54) is 12.2 Å². The van der Waals surface area contributed by atoms with E-state index in [0.717, 1.165) is 18.4 Å². The molecule has 0 saturated carbocycles. The molecule has 0 aliphatic heterocycles. The average Bonchev–Trinajstić information content (AvgIpc) is 2.41. The van der Waals surface area contributed by atoms with Crippen molar-refractivity contribution < 1.29 is 24.6 Å². The Kier molecular flexibility index (Phi) is 5.19. The zero-order chi connectivity index (χ0) is 16.2. The minimum atomic E-state index is -4.52. The van der Waals surface area contributed by atoms with Crippen molar-refractivity contribution in [3.8, 4) is 5.75 Å². The molecule has 0 aromatic heterocycles. The van der Waals surface area contributed by atoms with Gasteiger partial charge in [0.05, 0.1) is 5.71 Å². The van der Waals surface area contributed by atoms with Gasteiger partial charge in [-0.1, -0.05) is 18.2 Å². The molecule has 22 heavy (non-hydrogen) atoms. The van der Waals surface area contributed by atoms with E-state index in [2.05, 4.69) is 4.76 Å². The molecule has 4 N–H and O–H groups in total. The number of aryl methyl sites for hydroxylation is 1. The molecule has 1 aliphatic rings. The number of phenolic OH excluding ortho intramolecular Hbond substituents is 1. The molecule has 1 atom stereocenters. The summed E-state index contributed by atoms with van der Waals surface area (Å²) in [5.41, 5.74) is 1.27. The van der Waals surface area contributed by atoms with E-state index >= 15 is 0 Å². The van der Waals surface area contributed by atoms with Gasteiger partial charge in [0.25, 0.3) is 0 Å². The third-order valence-corrected chi connectivity index (χ3v) is 3.83. The summed E-state index contributed by atoms with van der Waals surface area (Å²) in [6, 6.07) is 6.92. The fourth-order valence-corrected chi connectivity index (χ4v) is 2.81. The van der Waals surface area contributed by atoms with Crippen LogP contribution in [0.25, 0.3) is 0 Å². The second kappa shape index (κ2) is 6.92. The Morgan fingerprint density at radius 2 is 1.82 bits per heavy atom. The van der Waals surface area contributed by atoms with Crippen LogP contribution in [-0.2, 0) is 11.0 Å². The van der Waals surface area contributed by atoms with Crippen molar-refractivity contribution in [2.75, 3.05) is 0 Å². The van der Waals surface area contributed by atoms with Crippen molar-refractivity contribution in [1.29, 1.82) is 0 Å². The predicted molar refractivity (Wildman–Crippen MR) is 83.9 cm³/mol. The van der Waals surface area contributed by atoms with E-state index in [4.69, 9.17) is 9.79 Å². The highest BCUT2D eigenvalue weighted by Crippen LogP contribution is 2.38. The van der Waals surface area contributed by atoms with Crippen LogP contribution in [0.15, 0.2) is 53.0 Å². The molecule has 118 valence electrons. The van der Waals surface area contributed by atoms with Crippen LogP contribution in [-0.4, -0.2) is 25.7 Å². The highest BCUT2D eigenvalue weighted by molar-refractivity contribution is 7.50. The van der Waals surface area contributed by atoms with Crippen molar-refractivity contribution in [3.63, 3.8) is 0 Å². The quantitative estimate of drug-likeness (QED) is 0.623. The normalized spacial score (nSPS) is 20.2. The van der Waals surface area contributed by atoms with E-state index in [0.29, 0.717) is 6.42 Å². The monoisotopic (exact) mass is 323 g/mol. The SMILES string of the molecule is O=P(O)(O)N=C1C=C(O)C=CC1CCCc1ccc(O)cc1. The molecular formula is C15H18NO5P. The molecule has 6 nitrogen and oxygen atoms in total. The largest absolute Gasteiger partial charge is 0.508 e. The fraction of sp³-hybridized carbons (Fsp3) is 0.267. The van der Waals surface area contributed by atoms with Gasteiger partial charge in [0.1, 0.15) is 11.5 Å². The molecule has 0 radical (unpaired) electrons. The topological polar surface area (TPSA) is 110 Å². The van der Waals surface area contributed by atoms with Gasteiger partial charge in [0.2, 0.25) is 0 Å². The summed E-state index contributed by atoms with van der Waals surface area (Å²) < 4.78 is 14.4. The van der Waals surface area contributed by atoms with Gasteiger partial charge in [-0.05, 0) is 43.0 Å². The van der Waals surface area contributed by atoms with Crippen LogP contribution in [0, 0.1) is 5.92 Å². The molecule has 0 amide bonds. The van der Waals surface area contributed by atoms with Crippen LogP contribution >= 0.6 is 7.75 Å². The number of aliphatic hydroxyl groups is 1. The summed E-state index contributed by atoms with van der Waals surface area (Å²) in [5.74, 6) is -0.0849. The number of allylic oxidation sites excluding steroid dienone is 3. The van der Waals surface area contributed by atoms with Crippen molar-refractivity contribution in [3.05, 3.63) is 53.8 Å². The van der Waals surface area contributed by atoms with E-state index in [1.807, 2.05) is 12.1 Å². The first kappa shape index (κ1) is 16.5. The summed E-state index contributed by atoms with van der Waals surface area (Å²) in [4.78, 5) is 17.9. The van der Waals surface area contributed by atoms with Crippen molar-refractivity contribution in [1.82, 2.24) is 0 Å². The Bertz CT molecular complexity index is 657. The molecule has 2 rings (SSSR count). The predicted octanol–water partition coefficient (Wildman–Crippen LogP) is 2.88. The maximum atomic E-state index is 11.0. The first-order chi connectivity index (χ1) is 10.3. The van der Waals surface area contributed by atoms with Crippen LogP contribution in [0.2, 0.25) is 0 Å². The molecule has 7 heteroatoms. The first-order valence-electron chi connectivity index (χ1n) is 6.86. The lowest BCUT2D eigenvalue weighted by Crippen LogP contribution is -2.14. The minimum Gasteiger partial charge on any atom is -0.508 e.